The summed E-state index contributed by atoms with van der Waals surface area (Å²) in [6.07, 6.45) is 10.0. The normalized spacial score (nSPS) is 11.6. The standard InChI is InChI=1S/C17H30N2/c1-5-6-7-8-9-10-13-18-16-12-11-15(14-19-16)17(2,3)4/h11-12,14H,5-10,13H2,1-4H3,(H,18,19). The molecule has 2 heteroatoms. The van der Waals surface area contributed by atoms with E-state index in [2.05, 4.69) is 50.1 Å². The molecule has 0 saturated heterocycles. The van der Waals surface area contributed by atoms with Crippen LogP contribution in [0.25, 0.3) is 0 Å². The van der Waals surface area contributed by atoms with Crippen LogP contribution >= 0.6 is 0 Å². The molecule has 1 heterocycles. The van der Waals surface area contributed by atoms with E-state index in [1.165, 1.54) is 44.1 Å². The van der Waals surface area contributed by atoms with Crippen LogP contribution in [-0.4, -0.2) is 11.5 Å². The summed E-state index contributed by atoms with van der Waals surface area (Å²) < 4.78 is 0. The predicted octanol–water partition coefficient (Wildman–Crippen LogP) is 5.15. The Kier molecular flexibility index (Phi) is 6.90. The third-order valence-electron chi connectivity index (χ3n) is 3.47. The van der Waals surface area contributed by atoms with Gasteiger partial charge in [0, 0.05) is 12.7 Å². The number of anilines is 1. The minimum atomic E-state index is 0.185. The van der Waals surface area contributed by atoms with Crippen LogP contribution in [0.2, 0.25) is 0 Å². The molecule has 0 aliphatic rings. The second-order valence-electron chi connectivity index (χ2n) is 6.38. The number of hydrogen-bond acceptors (Lipinski definition) is 2. The minimum Gasteiger partial charge on any atom is -0.370 e. The van der Waals surface area contributed by atoms with Crippen molar-refractivity contribution in [2.75, 3.05) is 11.9 Å². The molecule has 19 heavy (non-hydrogen) atoms. The fourth-order valence-corrected chi connectivity index (χ4v) is 2.06. The Balaban J connectivity index is 2.20. The summed E-state index contributed by atoms with van der Waals surface area (Å²) in [5.74, 6) is 1.00. The second kappa shape index (κ2) is 8.19. The van der Waals surface area contributed by atoms with Crippen LogP contribution in [0.5, 0.6) is 0 Å². The quantitative estimate of drug-likeness (QED) is 0.655. The Hall–Kier alpha value is -1.05. The zero-order chi connectivity index (χ0) is 14.1. The average Bonchev–Trinajstić information content (AvgIpc) is 2.37. The Morgan fingerprint density at radius 1 is 1.00 bits per heavy atom. The number of pyridine rings is 1. The summed E-state index contributed by atoms with van der Waals surface area (Å²) in [5.41, 5.74) is 1.47. The Labute approximate surface area is 119 Å². The summed E-state index contributed by atoms with van der Waals surface area (Å²) in [7, 11) is 0. The maximum Gasteiger partial charge on any atom is 0.125 e. The monoisotopic (exact) mass is 262 g/mol. The fraction of sp³-hybridized carbons (Fsp3) is 0.706. The van der Waals surface area contributed by atoms with Gasteiger partial charge >= 0.3 is 0 Å². The van der Waals surface area contributed by atoms with Gasteiger partial charge in [0.1, 0.15) is 5.82 Å². The third kappa shape index (κ3) is 6.60. The lowest BCUT2D eigenvalue weighted by atomic mass is 9.88. The van der Waals surface area contributed by atoms with Gasteiger partial charge in [-0.15, -0.1) is 0 Å². The molecule has 108 valence electrons. The van der Waals surface area contributed by atoms with E-state index in [1.54, 1.807) is 0 Å². The van der Waals surface area contributed by atoms with E-state index in [9.17, 15) is 0 Å². The van der Waals surface area contributed by atoms with Gasteiger partial charge in [-0.25, -0.2) is 4.98 Å². The van der Waals surface area contributed by atoms with Crippen LogP contribution in [0.4, 0.5) is 5.82 Å². The molecule has 0 unspecified atom stereocenters. The third-order valence-corrected chi connectivity index (χ3v) is 3.47. The number of unbranched alkanes of at least 4 members (excludes halogenated alkanes) is 5. The topological polar surface area (TPSA) is 24.9 Å². The number of nitrogens with zero attached hydrogens (tertiary/aromatic N) is 1. The average molecular weight is 262 g/mol. The van der Waals surface area contributed by atoms with Crippen molar-refractivity contribution >= 4 is 5.82 Å². The highest BCUT2D eigenvalue weighted by atomic mass is 15.0. The molecule has 0 aliphatic carbocycles. The molecule has 0 atom stereocenters. The van der Waals surface area contributed by atoms with Crippen molar-refractivity contribution in [2.45, 2.75) is 71.6 Å². The summed E-state index contributed by atoms with van der Waals surface area (Å²) >= 11 is 0. The maximum absolute atomic E-state index is 4.48. The molecule has 0 radical (unpaired) electrons. The van der Waals surface area contributed by atoms with Crippen LogP contribution in [0.3, 0.4) is 0 Å². The van der Waals surface area contributed by atoms with Crippen LogP contribution in [0.1, 0.15) is 71.8 Å². The molecule has 1 N–H and O–H groups in total. The largest absolute Gasteiger partial charge is 0.370 e. The van der Waals surface area contributed by atoms with E-state index in [0.29, 0.717) is 0 Å². The number of hydrogen-bond donors (Lipinski definition) is 1. The van der Waals surface area contributed by atoms with E-state index < -0.39 is 0 Å². The van der Waals surface area contributed by atoms with Gasteiger partial charge in [-0.05, 0) is 23.5 Å². The van der Waals surface area contributed by atoms with Crippen LogP contribution in [0.15, 0.2) is 18.3 Å². The summed E-state index contributed by atoms with van der Waals surface area (Å²) in [4.78, 5) is 4.48. The number of aromatic nitrogens is 1. The van der Waals surface area contributed by atoms with E-state index in [0.717, 1.165) is 12.4 Å². The molecule has 1 aromatic rings. The summed E-state index contributed by atoms with van der Waals surface area (Å²) in [6.45, 7) is 9.94. The van der Waals surface area contributed by atoms with Gasteiger partial charge in [0.2, 0.25) is 0 Å². The molecule has 0 saturated carbocycles. The first kappa shape index (κ1) is 16.0. The van der Waals surface area contributed by atoms with Crippen molar-refractivity contribution in [3.05, 3.63) is 23.9 Å². The molecule has 0 amide bonds. The fourth-order valence-electron chi connectivity index (χ4n) is 2.06. The van der Waals surface area contributed by atoms with Crippen molar-refractivity contribution in [1.29, 1.82) is 0 Å². The lowest BCUT2D eigenvalue weighted by Crippen LogP contribution is -2.12. The first-order chi connectivity index (χ1) is 9.04. The Morgan fingerprint density at radius 2 is 1.68 bits per heavy atom. The van der Waals surface area contributed by atoms with Gasteiger partial charge in [0.25, 0.3) is 0 Å². The molecular formula is C17H30N2. The zero-order valence-corrected chi connectivity index (χ0v) is 13.1. The number of rotatable bonds is 8. The number of nitrogens with one attached hydrogen (secondary N) is 1. The molecule has 0 aromatic carbocycles. The Bertz CT molecular complexity index is 335. The predicted molar refractivity (Wildman–Crippen MR) is 84.8 cm³/mol. The van der Waals surface area contributed by atoms with Gasteiger partial charge in [0.15, 0.2) is 0 Å². The van der Waals surface area contributed by atoms with Crippen molar-refractivity contribution in [2.24, 2.45) is 0 Å². The van der Waals surface area contributed by atoms with Crippen LogP contribution in [-0.2, 0) is 5.41 Å². The van der Waals surface area contributed by atoms with Gasteiger partial charge < -0.3 is 5.32 Å². The minimum absolute atomic E-state index is 0.185. The van der Waals surface area contributed by atoms with Crippen molar-refractivity contribution in [3.8, 4) is 0 Å². The molecule has 0 spiro atoms. The summed E-state index contributed by atoms with van der Waals surface area (Å²) in [5, 5.41) is 3.40. The highest BCUT2D eigenvalue weighted by Gasteiger charge is 2.13. The van der Waals surface area contributed by atoms with Gasteiger partial charge in [0.05, 0.1) is 0 Å². The highest BCUT2D eigenvalue weighted by Crippen LogP contribution is 2.21. The smallest absolute Gasteiger partial charge is 0.125 e. The van der Waals surface area contributed by atoms with E-state index in [-0.39, 0.29) is 5.41 Å². The van der Waals surface area contributed by atoms with Crippen LogP contribution in [0, 0.1) is 0 Å². The zero-order valence-electron chi connectivity index (χ0n) is 13.1. The summed E-state index contributed by atoms with van der Waals surface area (Å²) in [6, 6.07) is 4.27. The molecular weight excluding hydrogens is 232 g/mol. The first-order valence-electron chi connectivity index (χ1n) is 7.74. The van der Waals surface area contributed by atoms with E-state index in [1.807, 2.05) is 6.20 Å². The Morgan fingerprint density at radius 3 is 2.26 bits per heavy atom. The van der Waals surface area contributed by atoms with E-state index in [4.69, 9.17) is 0 Å². The maximum atomic E-state index is 4.48. The first-order valence-corrected chi connectivity index (χ1v) is 7.74. The molecule has 0 fully saturated rings. The molecule has 0 bridgehead atoms. The molecule has 0 aliphatic heterocycles. The van der Waals surface area contributed by atoms with Gasteiger partial charge in [-0.1, -0.05) is 65.9 Å². The SMILES string of the molecule is CCCCCCCCNc1ccc(C(C)(C)C)cn1. The van der Waals surface area contributed by atoms with E-state index >= 15 is 0 Å². The molecule has 1 rings (SSSR count). The van der Waals surface area contributed by atoms with Gasteiger partial charge in [-0.2, -0.15) is 0 Å². The second-order valence-corrected chi connectivity index (χ2v) is 6.38. The van der Waals surface area contributed by atoms with Crippen molar-refractivity contribution < 1.29 is 0 Å². The lowest BCUT2D eigenvalue weighted by Gasteiger charge is -2.18. The van der Waals surface area contributed by atoms with Crippen LogP contribution < -0.4 is 5.32 Å². The van der Waals surface area contributed by atoms with Gasteiger partial charge in [-0.3, -0.25) is 0 Å². The molecule has 1 aromatic heterocycles. The molecule has 2 nitrogen and oxygen atoms in total. The highest BCUT2D eigenvalue weighted by molar-refractivity contribution is 5.36. The lowest BCUT2D eigenvalue weighted by molar-refractivity contribution is 0.587. The van der Waals surface area contributed by atoms with Crippen molar-refractivity contribution in [3.63, 3.8) is 0 Å². The van der Waals surface area contributed by atoms with Crippen molar-refractivity contribution in [1.82, 2.24) is 4.98 Å².